The van der Waals surface area contributed by atoms with Gasteiger partial charge in [0.2, 0.25) is 12.3 Å². The van der Waals surface area contributed by atoms with Gasteiger partial charge in [-0.25, -0.2) is 0 Å². The number of ether oxygens (including phenoxy) is 4. The van der Waals surface area contributed by atoms with E-state index in [1.54, 1.807) is 0 Å². The van der Waals surface area contributed by atoms with E-state index in [-0.39, 0.29) is 31.1 Å². The van der Waals surface area contributed by atoms with Gasteiger partial charge in [0.05, 0.1) is 39.6 Å². The molecule has 0 bridgehead atoms. The Bertz CT molecular complexity index is 450. The van der Waals surface area contributed by atoms with Crippen molar-refractivity contribution in [3.63, 3.8) is 0 Å². The second-order valence-corrected chi connectivity index (χ2v) is 5.85. The summed E-state index contributed by atoms with van der Waals surface area (Å²) in [4.78, 5) is 41.6. The lowest BCUT2D eigenvalue weighted by Crippen LogP contribution is -2.27. The summed E-state index contributed by atoms with van der Waals surface area (Å²) >= 11 is 0. The number of Topliss-reactive ketones (excluding diaryl/α,β-unsaturated/α-hetero) is 1. The molecule has 0 radical (unpaired) electrons. The summed E-state index contributed by atoms with van der Waals surface area (Å²) in [6, 6.07) is 0. The average Bonchev–Trinajstić information content (AvgIpc) is 2.83. The third kappa shape index (κ3) is 47.6. The number of rotatable bonds is 20. The second kappa shape index (κ2) is 38.2. The summed E-state index contributed by atoms with van der Waals surface area (Å²) in [5.41, 5.74) is 0. The van der Waals surface area contributed by atoms with Gasteiger partial charge in [-0.1, -0.05) is 27.7 Å². The number of ketones is 1. The molecular formula is C23H48N2O9. The monoisotopic (exact) mass is 496 g/mol. The third-order valence-electron chi connectivity index (χ3n) is 3.09. The van der Waals surface area contributed by atoms with Crippen molar-refractivity contribution >= 4 is 24.1 Å². The number of carboxylic acids is 1. The summed E-state index contributed by atoms with van der Waals surface area (Å²) in [6.07, 6.45) is 1.26. The number of carbonyl (C=O) groups is 4. The Labute approximate surface area is 205 Å². The molecule has 0 aliphatic rings. The Morgan fingerprint density at radius 1 is 0.794 bits per heavy atom. The van der Waals surface area contributed by atoms with E-state index >= 15 is 0 Å². The van der Waals surface area contributed by atoms with Crippen LogP contribution in [0.4, 0.5) is 0 Å². The normalized spacial score (nSPS) is 9.12. The fraction of sp³-hybridized carbons (Fsp3) is 0.826. The van der Waals surface area contributed by atoms with E-state index in [9.17, 15) is 19.2 Å². The molecule has 0 aromatic carbocycles. The Kier molecular flexibility index (Phi) is 44.0. The zero-order valence-corrected chi connectivity index (χ0v) is 22.0. The van der Waals surface area contributed by atoms with Gasteiger partial charge in [0, 0.05) is 32.5 Å². The molecule has 0 aromatic heterocycles. The lowest BCUT2D eigenvalue weighted by molar-refractivity contribution is -0.137. The van der Waals surface area contributed by atoms with Crippen LogP contribution in [0.5, 0.6) is 0 Å². The molecule has 2 amide bonds. The molecule has 0 fully saturated rings. The van der Waals surface area contributed by atoms with Gasteiger partial charge in [0.15, 0.2) is 5.78 Å². The highest BCUT2D eigenvalue weighted by molar-refractivity contribution is 5.77. The number of hydrogen-bond acceptors (Lipinski definition) is 8. The quantitative estimate of drug-likeness (QED) is 0.169. The van der Waals surface area contributed by atoms with Crippen LogP contribution in [-0.2, 0) is 38.1 Å². The van der Waals surface area contributed by atoms with E-state index in [1.165, 1.54) is 6.92 Å². The zero-order valence-electron chi connectivity index (χ0n) is 22.0. The molecule has 0 heterocycles. The van der Waals surface area contributed by atoms with Gasteiger partial charge in [0.25, 0.3) is 0 Å². The first kappa shape index (κ1) is 39.1. The molecule has 204 valence electrons. The van der Waals surface area contributed by atoms with E-state index in [0.29, 0.717) is 72.2 Å². The van der Waals surface area contributed by atoms with Gasteiger partial charge in [-0.2, -0.15) is 0 Å². The predicted molar refractivity (Wildman–Crippen MR) is 131 cm³/mol. The second-order valence-electron chi connectivity index (χ2n) is 5.85. The van der Waals surface area contributed by atoms with Crippen LogP contribution in [-0.4, -0.2) is 95.1 Å². The Balaban J connectivity index is -0.000000236. The maximum atomic E-state index is 11.2. The number of nitrogens with one attached hydrogen (secondary N) is 2. The average molecular weight is 497 g/mol. The summed E-state index contributed by atoms with van der Waals surface area (Å²) < 4.78 is 20.3. The molecule has 0 spiro atoms. The van der Waals surface area contributed by atoms with Crippen molar-refractivity contribution in [1.29, 1.82) is 0 Å². The Morgan fingerprint density at radius 3 is 1.82 bits per heavy atom. The molecule has 0 saturated heterocycles. The fourth-order valence-corrected chi connectivity index (χ4v) is 1.74. The molecule has 0 unspecified atom stereocenters. The zero-order chi connectivity index (χ0) is 26.9. The maximum Gasteiger partial charge on any atom is 0.303 e. The largest absolute Gasteiger partial charge is 0.481 e. The van der Waals surface area contributed by atoms with Gasteiger partial charge < -0.3 is 34.7 Å². The summed E-state index contributed by atoms with van der Waals surface area (Å²) in [5.74, 6) is -1.01. The summed E-state index contributed by atoms with van der Waals surface area (Å²) in [6.45, 7) is 15.9. The van der Waals surface area contributed by atoms with Crippen molar-refractivity contribution in [2.45, 2.75) is 60.8 Å². The van der Waals surface area contributed by atoms with Crippen LogP contribution in [0.25, 0.3) is 0 Å². The molecule has 11 nitrogen and oxygen atoms in total. The Morgan fingerprint density at radius 2 is 1.32 bits per heavy atom. The molecule has 0 aliphatic heterocycles. The first-order chi connectivity index (χ1) is 16.4. The minimum Gasteiger partial charge on any atom is -0.481 e. The Hall–Kier alpha value is -2.08. The van der Waals surface area contributed by atoms with Crippen LogP contribution in [0, 0.1) is 0 Å². The molecule has 0 aliphatic carbocycles. The van der Waals surface area contributed by atoms with Crippen molar-refractivity contribution in [2.24, 2.45) is 0 Å². The predicted octanol–water partition coefficient (Wildman–Crippen LogP) is 1.82. The molecular weight excluding hydrogens is 448 g/mol. The third-order valence-corrected chi connectivity index (χ3v) is 3.09. The van der Waals surface area contributed by atoms with Crippen LogP contribution in [0.1, 0.15) is 60.8 Å². The van der Waals surface area contributed by atoms with E-state index in [2.05, 4.69) is 10.6 Å². The van der Waals surface area contributed by atoms with E-state index in [4.69, 9.17) is 24.1 Å². The van der Waals surface area contributed by atoms with Crippen molar-refractivity contribution in [3.05, 3.63) is 0 Å². The molecule has 0 aromatic rings. The van der Waals surface area contributed by atoms with Crippen LogP contribution in [0.3, 0.4) is 0 Å². The molecule has 11 heteroatoms. The highest BCUT2D eigenvalue weighted by Gasteiger charge is 2.02. The van der Waals surface area contributed by atoms with Crippen LogP contribution >= 0.6 is 0 Å². The highest BCUT2D eigenvalue weighted by atomic mass is 16.5. The smallest absolute Gasteiger partial charge is 0.303 e. The van der Waals surface area contributed by atoms with E-state index < -0.39 is 5.97 Å². The van der Waals surface area contributed by atoms with Gasteiger partial charge in [-0.15, -0.1) is 0 Å². The minimum atomic E-state index is -0.878. The van der Waals surface area contributed by atoms with Gasteiger partial charge in [-0.05, 0) is 20.3 Å². The van der Waals surface area contributed by atoms with Crippen molar-refractivity contribution in [1.82, 2.24) is 10.6 Å². The molecule has 0 saturated carbocycles. The molecule has 34 heavy (non-hydrogen) atoms. The van der Waals surface area contributed by atoms with E-state index in [0.717, 1.165) is 0 Å². The lowest BCUT2D eigenvalue weighted by atomic mass is 10.2. The van der Waals surface area contributed by atoms with Crippen molar-refractivity contribution in [2.75, 3.05) is 65.9 Å². The first-order valence-electron chi connectivity index (χ1n) is 11.9. The minimum absolute atomic E-state index is 0.00243. The standard InChI is InChI=1S/C11H21NO5.C8H15NO4.2C2H6/c1-2-16-8-9-17-7-6-12-10(13)4-3-5-11(14)15;1-8(11)6-13-5-4-12-3-2-9-7-10;2*1-2/h2-9H2,1H3,(H,12,13)(H,14,15);7H,2-6H2,1H3,(H,9,10);2*1-2H3. The molecule has 0 rings (SSSR count). The van der Waals surface area contributed by atoms with Gasteiger partial charge in [-0.3, -0.25) is 19.2 Å². The van der Waals surface area contributed by atoms with Crippen LogP contribution in [0.2, 0.25) is 0 Å². The van der Waals surface area contributed by atoms with Crippen LogP contribution in [0.15, 0.2) is 0 Å². The van der Waals surface area contributed by atoms with Crippen LogP contribution < -0.4 is 10.6 Å². The number of carbonyl (C=O) groups excluding carboxylic acids is 3. The van der Waals surface area contributed by atoms with Crippen molar-refractivity contribution in [3.8, 4) is 0 Å². The molecule has 3 N–H and O–H groups in total. The summed E-state index contributed by atoms with van der Waals surface area (Å²) in [7, 11) is 0. The first-order valence-corrected chi connectivity index (χ1v) is 11.9. The lowest BCUT2D eigenvalue weighted by Gasteiger charge is -2.06. The SMILES string of the molecule is CC.CC.CC(=O)COCCOCCNC=O.CCOCCOCCNC(=O)CCCC(=O)O. The number of hydrogen-bond donors (Lipinski definition) is 3. The van der Waals surface area contributed by atoms with E-state index in [1.807, 2.05) is 34.6 Å². The topological polar surface area (TPSA) is 149 Å². The number of carboxylic acid groups (broad SMARTS) is 1. The highest BCUT2D eigenvalue weighted by Crippen LogP contribution is 1.94. The fourth-order valence-electron chi connectivity index (χ4n) is 1.74. The number of aliphatic carboxylic acids is 1. The number of amides is 2. The summed E-state index contributed by atoms with van der Waals surface area (Å²) in [5, 5.41) is 13.5. The van der Waals surface area contributed by atoms with Gasteiger partial charge in [0.1, 0.15) is 6.61 Å². The van der Waals surface area contributed by atoms with Crippen molar-refractivity contribution < 1.29 is 43.2 Å². The maximum absolute atomic E-state index is 11.2. The van der Waals surface area contributed by atoms with Gasteiger partial charge >= 0.3 is 5.97 Å². The molecule has 0 atom stereocenters.